The first-order chi connectivity index (χ1) is 11.5. The highest BCUT2D eigenvalue weighted by molar-refractivity contribution is 6.17. The summed E-state index contributed by atoms with van der Waals surface area (Å²) in [6, 6.07) is 3.46. The highest BCUT2D eigenvalue weighted by Gasteiger charge is 2.20. The van der Waals surface area contributed by atoms with Crippen molar-refractivity contribution in [3.05, 3.63) is 41.5 Å². The van der Waals surface area contributed by atoms with E-state index in [0.29, 0.717) is 30.1 Å². The van der Waals surface area contributed by atoms with Crippen LogP contribution >= 0.6 is 0 Å². The SMILES string of the molecule is C=CCc1cc(C=C(C(=O)OC)C(=O)OC)cc(OC)c1OCC. The number of hydrogen-bond acceptors (Lipinski definition) is 6. The lowest BCUT2D eigenvalue weighted by Crippen LogP contribution is -2.15. The first-order valence-corrected chi connectivity index (χ1v) is 7.35. The van der Waals surface area contributed by atoms with Gasteiger partial charge in [-0.2, -0.15) is 0 Å². The highest BCUT2D eigenvalue weighted by Crippen LogP contribution is 2.34. The van der Waals surface area contributed by atoms with Crippen molar-refractivity contribution in [3.8, 4) is 11.5 Å². The molecule has 0 atom stereocenters. The third-order valence-electron chi connectivity index (χ3n) is 3.15. The Labute approximate surface area is 141 Å². The fraction of sp³-hybridized carbons (Fsp3) is 0.333. The summed E-state index contributed by atoms with van der Waals surface area (Å²) in [6.07, 6.45) is 3.66. The lowest BCUT2D eigenvalue weighted by molar-refractivity contribution is -0.143. The average molecular weight is 334 g/mol. The summed E-state index contributed by atoms with van der Waals surface area (Å²) in [5.74, 6) is -0.453. The molecule has 0 fully saturated rings. The molecule has 1 aromatic rings. The molecule has 0 saturated heterocycles. The zero-order valence-electron chi connectivity index (χ0n) is 14.4. The number of benzene rings is 1. The number of rotatable bonds is 8. The van der Waals surface area contributed by atoms with E-state index < -0.39 is 11.9 Å². The minimum Gasteiger partial charge on any atom is -0.493 e. The number of carbonyl (C=O) groups is 2. The minimum atomic E-state index is -0.778. The molecule has 1 aromatic carbocycles. The maximum atomic E-state index is 11.8. The normalized spacial score (nSPS) is 9.67. The number of hydrogen-bond donors (Lipinski definition) is 0. The standard InChI is InChI=1S/C18H22O6/c1-6-8-13-9-12(11-15(21-3)16(13)24-7-2)10-14(17(19)22-4)18(20)23-5/h6,9-11H,1,7-8H2,2-5H3. The smallest absolute Gasteiger partial charge is 0.345 e. The molecular formula is C18H22O6. The average Bonchev–Trinajstić information content (AvgIpc) is 2.60. The Bertz CT molecular complexity index is 627. The molecule has 0 aliphatic carbocycles. The molecule has 0 amide bonds. The number of carbonyl (C=O) groups excluding carboxylic acids is 2. The van der Waals surface area contributed by atoms with Crippen LogP contribution < -0.4 is 9.47 Å². The zero-order valence-corrected chi connectivity index (χ0v) is 14.4. The van der Waals surface area contributed by atoms with E-state index in [1.165, 1.54) is 27.4 Å². The number of ether oxygens (including phenoxy) is 4. The second kappa shape index (κ2) is 9.39. The number of allylic oxidation sites excluding steroid dienone is 1. The van der Waals surface area contributed by atoms with Gasteiger partial charge in [-0.3, -0.25) is 0 Å². The van der Waals surface area contributed by atoms with Crippen molar-refractivity contribution in [3.63, 3.8) is 0 Å². The molecule has 0 aliphatic rings. The fourth-order valence-electron chi connectivity index (χ4n) is 2.12. The van der Waals surface area contributed by atoms with E-state index in [1.807, 2.05) is 6.92 Å². The van der Waals surface area contributed by atoms with Crippen molar-refractivity contribution >= 4 is 18.0 Å². The highest BCUT2D eigenvalue weighted by atomic mass is 16.5. The van der Waals surface area contributed by atoms with E-state index in [-0.39, 0.29) is 5.57 Å². The summed E-state index contributed by atoms with van der Waals surface area (Å²) in [6.45, 7) is 6.08. The second-order valence-electron chi connectivity index (χ2n) is 4.68. The van der Waals surface area contributed by atoms with Gasteiger partial charge in [0.25, 0.3) is 0 Å². The van der Waals surface area contributed by atoms with E-state index in [9.17, 15) is 9.59 Å². The van der Waals surface area contributed by atoms with Crippen molar-refractivity contribution in [2.75, 3.05) is 27.9 Å². The van der Waals surface area contributed by atoms with Crippen LogP contribution in [0.1, 0.15) is 18.1 Å². The predicted octanol–water partition coefficient (Wildman–Crippen LogP) is 2.55. The van der Waals surface area contributed by atoms with Crippen LogP contribution in [0.5, 0.6) is 11.5 Å². The topological polar surface area (TPSA) is 71.1 Å². The van der Waals surface area contributed by atoms with Gasteiger partial charge in [0.15, 0.2) is 11.5 Å². The molecule has 0 saturated carbocycles. The van der Waals surface area contributed by atoms with Crippen LogP contribution in [0, 0.1) is 0 Å². The van der Waals surface area contributed by atoms with Gasteiger partial charge >= 0.3 is 11.9 Å². The lowest BCUT2D eigenvalue weighted by Gasteiger charge is -2.15. The molecule has 0 aliphatic heterocycles. The number of esters is 2. The molecule has 0 N–H and O–H groups in total. The third-order valence-corrected chi connectivity index (χ3v) is 3.15. The largest absolute Gasteiger partial charge is 0.493 e. The monoisotopic (exact) mass is 334 g/mol. The van der Waals surface area contributed by atoms with E-state index in [0.717, 1.165) is 5.56 Å². The Hall–Kier alpha value is -2.76. The maximum Gasteiger partial charge on any atom is 0.345 e. The van der Waals surface area contributed by atoms with Crippen LogP contribution in [0.15, 0.2) is 30.4 Å². The van der Waals surface area contributed by atoms with Crippen molar-refractivity contribution in [2.24, 2.45) is 0 Å². The summed E-state index contributed by atoms with van der Waals surface area (Å²) in [5, 5.41) is 0. The molecular weight excluding hydrogens is 312 g/mol. The first-order valence-electron chi connectivity index (χ1n) is 7.35. The molecule has 1 rings (SSSR count). The Balaban J connectivity index is 3.48. The van der Waals surface area contributed by atoms with Crippen LogP contribution in [0.2, 0.25) is 0 Å². The molecule has 24 heavy (non-hydrogen) atoms. The van der Waals surface area contributed by atoms with Crippen LogP contribution in [0.3, 0.4) is 0 Å². The zero-order chi connectivity index (χ0) is 18.1. The third kappa shape index (κ3) is 4.62. The van der Waals surface area contributed by atoms with Crippen molar-refractivity contribution in [2.45, 2.75) is 13.3 Å². The Morgan fingerprint density at radius 2 is 1.75 bits per heavy atom. The quantitative estimate of drug-likeness (QED) is 0.239. The summed E-state index contributed by atoms with van der Waals surface area (Å²) in [7, 11) is 3.91. The van der Waals surface area contributed by atoms with Crippen LogP contribution in [0.4, 0.5) is 0 Å². The van der Waals surface area contributed by atoms with Gasteiger partial charge in [-0.15, -0.1) is 6.58 Å². The minimum absolute atomic E-state index is 0.212. The van der Waals surface area contributed by atoms with E-state index >= 15 is 0 Å². The maximum absolute atomic E-state index is 11.8. The van der Waals surface area contributed by atoms with Crippen molar-refractivity contribution < 1.29 is 28.5 Å². The molecule has 6 heteroatoms. The molecule has 6 nitrogen and oxygen atoms in total. The van der Waals surface area contributed by atoms with E-state index in [4.69, 9.17) is 9.47 Å². The van der Waals surface area contributed by atoms with Crippen molar-refractivity contribution in [1.29, 1.82) is 0 Å². The Kier molecular flexibility index (Phi) is 7.55. The van der Waals surface area contributed by atoms with Crippen LogP contribution in [-0.4, -0.2) is 39.9 Å². The van der Waals surface area contributed by atoms with Gasteiger partial charge in [-0.05, 0) is 37.1 Å². The lowest BCUT2D eigenvalue weighted by atomic mass is 10.0. The molecule has 130 valence electrons. The second-order valence-corrected chi connectivity index (χ2v) is 4.68. The predicted molar refractivity (Wildman–Crippen MR) is 90.1 cm³/mol. The number of methoxy groups -OCH3 is 3. The Morgan fingerprint density at radius 1 is 1.12 bits per heavy atom. The van der Waals surface area contributed by atoms with Gasteiger partial charge in [0.1, 0.15) is 5.57 Å². The molecule has 0 unspecified atom stereocenters. The summed E-state index contributed by atoms with van der Waals surface area (Å²) < 4.78 is 20.2. The van der Waals surface area contributed by atoms with Gasteiger partial charge in [0.05, 0.1) is 27.9 Å². The van der Waals surface area contributed by atoms with Gasteiger partial charge in [0, 0.05) is 5.56 Å². The van der Waals surface area contributed by atoms with Crippen molar-refractivity contribution in [1.82, 2.24) is 0 Å². The molecule has 0 heterocycles. The van der Waals surface area contributed by atoms with Crippen LogP contribution in [0.25, 0.3) is 6.08 Å². The molecule has 0 bridgehead atoms. The van der Waals surface area contributed by atoms with Gasteiger partial charge < -0.3 is 18.9 Å². The van der Waals surface area contributed by atoms with E-state index in [1.54, 1.807) is 18.2 Å². The van der Waals surface area contributed by atoms with Crippen LogP contribution in [-0.2, 0) is 25.5 Å². The van der Waals surface area contributed by atoms with Gasteiger partial charge in [-0.25, -0.2) is 9.59 Å². The Morgan fingerprint density at radius 3 is 2.21 bits per heavy atom. The summed E-state index contributed by atoms with van der Waals surface area (Å²) in [5.41, 5.74) is 1.19. The first kappa shape index (κ1) is 19.3. The molecule has 0 radical (unpaired) electrons. The van der Waals surface area contributed by atoms with E-state index in [2.05, 4.69) is 16.1 Å². The molecule has 0 aromatic heterocycles. The fourth-order valence-corrected chi connectivity index (χ4v) is 2.12. The summed E-state index contributed by atoms with van der Waals surface area (Å²) >= 11 is 0. The summed E-state index contributed by atoms with van der Waals surface area (Å²) in [4.78, 5) is 23.6. The van der Waals surface area contributed by atoms with Gasteiger partial charge in [0.2, 0.25) is 0 Å². The van der Waals surface area contributed by atoms with Gasteiger partial charge in [-0.1, -0.05) is 6.08 Å². The molecule has 0 spiro atoms.